The zero-order valence-electron chi connectivity index (χ0n) is 10.2. The molecule has 0 atom stereocenters. The first-order chi connectivity index (χ1) is 8.70. The summed E-state index contributed by atoms with van der Waals surface area (Å²) in [6.07, 6.45) is 1.09. The molecule has 18 heavy (non-hydrogen) atoms. The van der Waals surface area contributed by atoms with Gasteiger partial charge in [-0.25, -0.2) is 0 Å². The largest absolute Gasteiger partial charge is 0.493 e. The van der Waals surface area contributed by atoms with E-state index in [1.165, 1.54) is 0 Å². The maximum atomic E-state index is 11.3. The highest BCUT2D eigenvalue weighted by molar-refractivity contribution is 6.02. The second-order valence-corrected chi connectivity index (χ2v) is 4.00. The van der Waals surface area contributed by atoms with Crippen molar-refractivity contribution in [3.05, 3.63) is 23.8 Å². The van der Waals surface area contributed by atoms with Gasteiger partial charge in [0.25, 0.3) is 0 Å². The molecule has 0 aromatic heterocycles. The molecule has 2 rings (SSSR count). The summed E-state index contributed by atoms with van der Waals surface area (Å²) in [6.45, 7) is 0.565. The van der Waals surface area contributed by atoms with Gasteiger partial charge in [0.05, 0.1) is 12.2 Å². The third-order valence-electron chi connectivity index (χ3n) is 2.71. The molecule has 1 heterocycles. The smallest absolute Gasteiger partial charge is 0.219 e. The number of hydrogen-bond donors (Lipinski definition) is 1. The number of hydrogen-bond acceptors (Lipinski definition) is 4. The molecule has 0 aliphatic carbocycles. The molecule has 1 aromatic rings. The summed E-state index contributed by atoms with van der Waals surface area (Å²) in [5.74, 6) is 1.22. The molecule has 1 aliphatic rings. The number of Topliss-reactive ketones (excluding diaryl/α,β-unsaturated/α-hetero) is 1. The molecule has 1 N–H and O–H groups in total. The fraction of sp³-hybridized carbons (Fsp3) is 0.385. The molecule has 96 valence electrons. The van der Waals surface area contributed by atoms with Crippen LogP contribution in [0.2, 0.25) is 0 Å². The Morgan fingerprint density at radius 1 is 1.50 bits per heavy atom. The van der Waals surface area contributed by atoms with Crippen molar-refractivity contribution in [3.63, 3.8) is 0 Å². The third kappa shape index (κ3) is 2.80. The van der Waals surface area contributed by atoms with Gasteiger partial charge in [-0.1, -0.05) is 0 Å². The van der Waals surface area contributed by atoms with Crippen LogP contribution in [0.15, 0.2) is 18.2 Å². The standard InChI is InChI=1S/C13H15NO4/c1-14-13(16)3-2-6-17-9-4-5-10-11(15)8-18-12(10)7-9/h4-5,7H,2-3,6,8H2,1H3,(H,14,16). The first-order valence-corrected chi connectivity index (χ1v) is 5.84. The summed E-state index contributed by atoms with van der Waals surface area (Å²) in [6, 6.07) is 5.16. The fourth-order valence-electron chi connectivity index (χ4n) is 1.71. The van der Waals surface area contributed by atoms with Crippen LogP contribution in [0.3, 0.4) is 0 Å². The quantitative estimate of drug-likeness (QED) is 0.795. The van der Waals surface area contributed by atoms with Crippen molar-refractivity contribution in [3.8, 4) is 11.5 Å². The summed E-state index contributed by atoms with van der Waals surface area (Å²) < 4.78 is 10.7. The van der Waals surface area contributed by atoms with Crippen LogP contribution in [0.4, 0.5) is 0 Å². The molecule has 0 fully saturated rings. The van der Waals surface area contributed by atoms with E-state index in [4.69, 9.17) is 9.47 Å². The van der Waals surface area contributed by atoms with Gasteiger partial charge < -0.3 is 14.8 Å². The van der Waals surface area contributed by atoms with E-state index in [1.807, 2.05) is 0 Å². The molecule has 5 heteroatoms. The number of carbonyl (C=O) groups excluding carboxylic acids is 2. The van der Waals surface area contributed by atoms with Crippen molar-refractivity contribution in [2.24, 2.45) is 0 Å². The summed E-state index contributed by atoms with van der Waals surface area (Å²) in [4.78, 5) is 22.3. The highest BCUT2D eigenvalue weighted by atomic mass is 16.5. The molecular weight excluding hydrogens is 234 g/mol. The van der Waals surface area contributed by atoms with Gasteiger partial charge in [-0.15, -0.1) is 0 Å². The fourth-order valence-corrected chi connectivity index (χ4v) is 1.71. The number of rotatable bonds is 5. The number of amides is 1. The molecule has 0 spiro atoms. The second kappa shape index (κ2) is 5.53. The Kier molecular flexibility index (Phi) is 3.82. The lowest BCUT2D eigenvalue weighted by atomic mass is 10.1. The first-order valence-electron chi connectivity index (χ1n) is 5.84. The van der Waals surface area contributed by atoms with Gasteiger partial charge in [-0.2, -0.15) is 0 Å². The molecule has 0 bridgehead atoms. The Hall–Kier alpha value is -2.04. The van der Waals surface area contributed by atoms with E-state index in [9.17, 15) is 9.59 Å². The van der Waals surface area contributed by atoms with Gasteiger partial charge >= 0.3 is 0 Å². The average Bonchev–Trinajstić information content (AvgIpc) is 2.76. The Morgan fingerprint density at radius 3 is 3.11 bits per heavy atom. The van der Waals surface area contributed by atoms with E-state index in [0.717, 1.165) is 0 Å². The molecule has 5 nitrogen and oxygen atoms in total. The molecular formula is C13H15NO4. The molecule has 0 saturated heterocycles. The number of fused-ring (bicyclic) bond motifs is 1. The predicted molar refractivity (Wildman–Crippen MR) is 65.1 cm³/mol. The molecule has 0 saturated carbocycles. The van der Waals surface area contributed by atoms with Crippen LogP contribution < -0.4 is 14.8 Å². The van der Waals surface area contributed by atoms with Crippen molar-refractivity contribution in [2.45, 2.75) is 12.8 Å². The summed E-state index contributed by atoms with van der Waals surface area (Å²) in [5.41, 5.74) is 0.604. The van der Waals surface area contributed by atoms with Crippen LogP contribution in [-0.4, -0.2) is 32.0 Å². The Morgan fingerprint density at radius 2 is 2.33 bits per heavy atom. The highest BCUT2D eigenvalue weighted by Gasteiger charge is 2.21. The average molecular weight is 249 g/mol. The van der Waals surface area contributed by atoms with Gasteiger partial charge in [-0.05, 0) is 18.6 Å². The lowest BCUT2D eigenvalue weighted by Crippen LogP contribution is -2.18. The second-order valence-electron chi connectivity index (χ2n) is 4.00. The number of carbonyl (C=O) groups is 2. The normalized spacial score (nSPS) is 12.8. The maximum Gasteiger partial charge on any atom is 0.219 e. The van der Waals surface area contributed by atoms with E-state index in [2.05, 4.69) is 5.32 Å². The van der Waals surface area contributed by atoms with Crippen LogP contribution in [0.5, 0.6) is 11.5 Å². The predicted octanol–water partition coefficient (Wildman–Crippen LogP) is 1.17. The van der Waals surface area contributed by atoms with Crippen molar-refractivity contribution in [2.75, 3.05) is 20.3 Å². The minimum atomic E-state index is -0.00355. The number of benzene rings is 1. The number of nitrogens with one attached hydrogen (secondary N) is 1. The van der Waals surface area contributed by atoms with E-state index in [-0.39, 0.29) is 18.3 Å². The lowest BCUT2D eigenvalue weighted by molar-refractivity contribution is -0.120. The maximum absolute atomic E-state index is 11.3. The summed E-state index contributed by atoms with van der Waals surface area (Å²) in [7, 11) is 1.61. The minimum absolute atomic E-state index is 0.00137. The number of ketones is 1. The van der Waals surface area contributed by atoms with Crippen LogP contribution in [0.25, 0.3) is 0 Å². The summed E-state index contributed by atoms with van der Waals surface area (Å²) in [5, 5.41) is 2.55. The zero-order chi connectivity index (χ0) is 13.0. The van der Waals surface area contributed by atoms with Gasteiger partial charge in [0.1, 0.15) is 11.5 Å². The first kappa shape index (κ1) is 12.4. The molecule has 0 unspecified atom stereocenters. The van der Waals surface area contributed by atoms with Crippen LogP contribution in [-0.2, 0) is 4.79 Å². The van der Waals surface area contributed by atoms with E-state index in [1.54, 1.807) is 25.2 Å². The summed E-state index contributed by atoms with van der Waals surface area (Å²) >= 11 is 0. The van der Waals surface area contributed by atoms with Gasteiger partial charge in [0.15, 0.2) is 6.61 Å². The zero-order valence-corrected chi connectivity index (χ0v) is 10.2. The van der Waals surface area contributed by atoms with E-state index >= 15 is 0 Å². The molecule has 1 aromatic carbocycles. The monoisotopic (exact) mass is 249 g/mol. The van der Waals surface area contributed by atoms with Crippen molar-refractivity contribution in [1.29, 1.82) is 0 Å². The third-order valence-corrected chi connectivity index (χ3v) is 2.71. The Balaban J connectivity index is 1.84. The van der Waals surface area contributed by atoms with Crippen molar-refractivity contribution < 1.29 is 19.1 Å². The molecule has 0 radical (unpaired) electrons. The van der Waals surface area contributed by atoms with E-state index in [0.29, 0.717) is 36.5 Å². The molecule has 1 amide bonds. The Labute approximate surface area is 105 Å². The van der Waals surface area contributed by atoms with Crippen molar-refractivity contribution >= 4 is 11.7 Å². The van der Waals surface area contributed by atoms with Crippen molar-refractivity contribution in [1.82, 2.24) is 5.32 Å². The van der Waals surface area contributed by atoms with Gasteiger partial charge in [0.2, 0.25) is 11.7 Å². The minimum Gasteiger partial charge on any atom is -0.493 e. The molecule has 1 aliphatic heterocycles. The lowest BCUT2D eigenvalue weighted by Gasteiger charge is -2.07. The SMILES string of the molecule is CNC(=O)CCCOc1ccc2c(c1)OCC2=O. The van der Waals surface area contributed by atoms with Gasteiger partial charge in [-0.3, -0.25) is 9.59 Å². The van der Waals surface area contributed by atoms with Gasteiger partial charge in [0, 0.05) is 19.5 Å². The van der Waals surface area contributed by atoms with E-state index < -0.39 is 0 Å². The topological polar surface area (TPSA) is 64.6 Å². The highest BCUT2D eigenvalue weighted by Crippen LogP contribution is 2.29. The van der Waals surface area contributed by atoms with Crippen LogP contribution >= 0.6 is 0 Å². The number of ether oxygens (including phenoxy) is 2. The Bertz CT molecular complexity index is 470. The van der Waals surface area contributed by atoms with Crippen LogP contribution in [0.1, 0.15) is 23.2 Å². The van der Waals surface area contributed by atoms with Crippen LogP contribution in [0, 0.1) is 0 Å².